The number of nitrogens with one attached hydrogen (secondary N) is 1. The number of carbonyl (C=O) groups is 2. The molecule has 5 unspecified atom stereocenters. The van der Waals surface area contributed by atoms with Gasteiger partial charge >= 0.3 is 0 Å². The van der Waals surface area contributed by atoms with Crippen LogP contribution in [0.3, 0.4) is 0 Å². The van der Waals surface area contributed by atoms with Crippen molar-refractivity contribution in [1.82, 2.24) is 14.8 Å². The number of aliphatic hydroxyl groups excluding tert-OH is 6. The van der Waals surface area contributed by atoms with Gasteiger partial charge in [0.1, 0.15) is 55.7 Å². The van der Waals surface area contributed by atoms with Crippen LogP contribution in [0.15, 0.2) is 30.6 Å². The minimum absolute atomic E-state index is 0.00551. The summed E-state index contributed by atoms with van der Waals surface area (Å²) in [6, 6.07) is 6.46. The molecule has 2 fully saturated rings. The molecule has 9 atom stereocenters. The molecular formula is C23H31N5O12. The molecule has 2 amide bonds. The number of aliphatic hydroxyl groups is 6. The van der Waals surface area contributed by atoms with E-state index in [0.29, 0.717) is 11.3 Å². The van der Waals surface area contributed by atoms with Crippen molar-refractivity contribution in [3.05, 3.63) is 42.0 Å². The van der Waals surface area contributed by atoms with Gasteiger partial charge in [0.2, 0.25) is 11.7 Å². The predicted molar refractivity (Wildman–Crippen MR) is 129 cm³/mol. The second kappa shape index (κ2) is 13.0. The van der Waals surface area contributed by atoms with E-state index in [1.165, 1.54) is 11.0 Å². The predicted octanol–water partition coefficient (Wildman–Crippen LogP) is -4.03. The quantitative estimate of drug-likeness (QED) is 0.128. The van der Waals surface area contributed by atoms with E-state index in [1.807, 2.05) is 0 Å². The molecule has 0 saturated carbocycles. The van der Waals surface area contributed by atoms with Crippen molar-refractivity contribution in [3.63, 3.8) is 0 Å². The molecule has 9 N–H and O–H groups in total. The van der Waals surface area contributed by atoms with Crippen molar-refractivity contribution < 1.29 is 59.2 Å². The van der Waals surface area contributed by atoms with Crippen LogP contribution in [0.25, 0.3) is 0 Å². The third kappa shape index (κ3) is 6.61. The van der Waals surface area contributed by atoms with E-state index in [-0.39, 0.29) is 12.4 Å². The summed E-state index contributed by atoms with van der Waals surface area (Å²) in [5.74, 6) is -1.70. The highest BCUT2D eigenvalue weighted by atomic mass is 16.7. The number of hydrogen-bond acceptors (Lipinski definition) is 14. The van der Waals surface area contributed by atoms with Crippen LogP contribution in [0.5, 0.6) is 0 Å². The third-order valence-electron chi connectivity index (χ3n) is 6.39. The van der Waals surface area contributed by atoms with Crippen molar-refractivity contribution in [3.8, 4) is 0 Å². The summed E-state index contributed by atoms with van der Waals surface area (Å²) < 4.78 is 23.0. The second-order valence-corrected chi connectivity index (χ2v) is 9.18. The van der Waals surface area contributed by atoms with E-state index in [4.69, 9.17) is 24.7 Å². The van der Waals surface area contributed by atoms with Gasteiger partial charge in [-0.05, 0) is 17.7 Å². The average molecular weight is 570 g/mol. The molecule has 2 aliphatic rings. The Balaban J connectivity index is 1.29. The molecule has 17 heteroatoms. The first-order chi connectivity index (χ1) is 19.1. The molecule has 3 heterocycles. The molecule has 2 aliphatic heterocycles. The van der Waals surface area contributed by atoms with E-state index in [0.717, 1.165) is 0 Å². The van der Waals surface area contributed by atoms with Gasteiger partial charge in [-0.25, -0.2) is 9.67 Å². The summed E-state index contributed by atoms with van der Waals surface area (Å²) in [4.78, 5) is 27.4. The number of ether oxygens (including phenoxy) is 4. The number of amides is 2. The second-order valence-electron chi connectivity index (χ2n) is 9.18. The monoisotopic (exact) mass is 569 g/mol. The summed E-state index contributed by atoms with van der Waals surface area (Å²) in [5.41, 5.74) is 6.24. The number of aromatic nitrogens is 3. The number of carbonyl (C=O) groups excluding carboxylic acids is 2. The number of nitrogens with two attached hydrogens (primary N) is 1. The summed E-state index contributed by atoms with van der Waals surface area (Å²) in [6.45, 7) is -1.66. The molecule has 0 bridgehead atoms. The van der Waals surface area contributed by atoms with Crippen molar-refractivity contribution in [2.75, 3.05) is 25.1 Å². The number of anilines is 1. The Hall–Kier alpha value is -3.10. The van der Waals surface area contributed by atoms with Gasteiger partial charge in [-0.2, -0.15) is 0 Å². The Morgan fingerprint density at radius 1 is 0.950 bits per heavy atom. The lowest BCUT2D eigenvalue weighted by Crippen LogP contribution is -2.59. The topological polar surface area (TPSA) is 261 Å². The normalized spacial score (nSPS) is 32.2. The summed E-state index contributed by atoms with van der Waals surface area (Å²) in [5, 5.41) is 65.4. The maximum Gasteiger partial charge on any atom is 0.288 e. The number of primary amides is 1. The van der Waals surface area contributed by atoms with Gasteiger partial charge in [0, 0.05) is 5.69 Å². The van der Waals surface area contributed by atoms with Gasteiger partial charge in [-0.1, -0.05) is 12.1 Å². The first-order valence-corrected chi connectivity index (χ1v) is 12.2. The fourth-order valence-corrected chi connectivity index (χ4v) is 4.21. The lowest BCUT2D eigenvalue weighted by Gasteiger charge is -2.39. The standard InChI is InChI=1S/C23H31N5O12/c24-20(36)21-25-9-28(27-21)22-19(16(33)13(6-30)39-22)37-7-10-1-3-11(4-2-10)26-14(31)8-38-23-18(35)17(34)15(32)12(5-29)40-23/h1-4,9,12-13,15-19,22-23,29-30,32-35H,5-8H2,(H2,24,36)(H,26,31)/t12?,13-,15?,16-,17?,18?,19-,22-,23?/m1/s1. The summed E-state index contributed by atoms with van der Waals surface area (Å²) in [7, 11) is 0. The Morgan fingerprint density at radius 2 is 1.62 bits per heavy atom. The number of rotatable bonds is 11. The van der Waals surface area contributed by atoms with Gasteiger partial charge in [-0.3, -0.25) is 9.59 Å². The molecule has 2 saturated heterocycles. The minimum atomic E-state index is -1.63. The molecule has 4 rings (SSSR count). The molecule has 0 radical (unpaired) electrons. The lowest BCUT2D eigenvalue weighted by molar-refractivity contribution is -0.299. The van der Waals surface area contributed by atoms with E-state index in [1.54, 1.807) is 24.3 Å². The molecule has 40 heavy (non-hydrogen) atoms. The Kier molecular flexibility index (Phi) is 9.74. The molecule has 220 valence electrons. The summed E-state index contributed by atoms with van der Waals surface area (Å²) in [6.07, 6.45) is -10.3. The fraction of sp³-hybridized carbons (Fsp3) is 0.565. The zero-order valence-electron chi connectivity index (χ0n) is 21.0. The third-order valence-corrected chi connectivity index (χ3v) is 6.39. The van der Waals surface area contributed by atoms with Crippen LogP contribution in [0, 0.1) is 0 Å². The maximum absolute atomic E-state index is 12.3. The van der Waals surface area contributed by atoms with Crippen LogP contribution < -0.4 is 11.1 Å². The highest BCUT2D eigenvalue weighted by Gasteiger charge is 2.46. The Labute approximate surface area is 226 Å². The number of hydrogen-bond donors (Lipinski definition) is 8. The maximum atomic E-state index is 12.3. The molecule has 0 aliphatic carbocycles. The zero-order valence-corrected chi connectivity index (χ0v) is 21.0. The van der Waals surface area contributed by atoms with Gasteiger partial charge in [0.25, 0.3) is 5.91 Å². The first kappa shape index (κ1) is 29.9. The van der Waals surface area contributed by atoms with Gasteiger partial charge in [0.15, 0.2) is 12.5 Å². The van der Waals surface area contributed by atoms with Crippen molar-refractivity contribution in [1.29, 1.82) is 0 Å². The Bertz CT molecular complexity index is 1150. The molecule has 1 aromatic carbocycles. The van der Waals surface area contributed by atoms with Crippen LogP contribution in [0.4, 0.5) is 5.69 Å². The van der Waals surface area contributed by atoms with Crippen LogP contribution in [-0.4, -0.2) is 126 Å². The van der Waals surface area contributed by atoms with Crippen LogP contribution in [0.1, 0.15) is 22.4 Å². The van der Waals surface area contributed by atoms with Gasteiger partial charge in [-0.15, -0.1) is 5.10 Å². The van der Waals surface area contributed by atoms with Crippen LogP contribution >= 0.6 is 0 Å². The average Bonchev–Trinajstić information content (AvgIpc) is 3.56. The van der Waals surface area contributed by atoms with E-state index in [9.17, 15) is 40.2 Å². The van der Waals surface area contributed by atoms with E-state index >= 15 is 0 Å². The van der Waals surface area contributed by atoms with Crippen LogP contribution in [0.2, 0.25) is 0 Å². The largest absolute Gasteiger partial charge is 0.394 e. The highest BCUT2D eigenvalue weighted by Crippen LogP contribution is 2.32. The molecule has 17 nitrogen and oxygen atoms in total. The molecular weight excluding hydrogens is 538 g/mol. The lowest BCUT2D eigenvalue weighted by atomic mass is 9.99. The number of nitrogens with zero attached hydrogens (tertiary/aromatic N) is 3. The molecule has 0 spiro atoms. The highest BCUT2D eigenvalue weighted by molar-refractivity contribution is 5.91. The fourth-order valence-electron chi connectivity index (χ4n) is 4.21. The summed E-state index contributed by atoms with van der Waals surface area (Å²) >= 11 is 0. The SMILES string of the molecule is NC(=O)c1ncn([C@@H]2O[C@H](CO)[C@@H](O)[C@H]2OCc2ccc(NC(=O)COC3OC(CO)C(O)C(O)C3O)cc2)n1. The van der Waals surface area contributed by atoms with Crippen molar-refractivity contribution in [2.24, 2.45) is 5.73 Å². The van der Waals surface area contributed by atoms with Gasteiger partial charge < -0.3 is 60.6 Å². The number of benzene rings is 1. The van der Waals surface area contributed by atoms with E-state index < -0.39 is 86.9 Å². The minimum Gasteiger partial charge on any atom is -0.394 e. The molecule has 2 aromatic rings. The molecule has 1 aromatic heterocycles. The van der Waals surface area contributed by atoms with Gasteiger partial charge in [0.05, 0.1) is 19.8 Å². The van der Waals surface area contributed by atoms with Crippen molar-refractivity contribution in [2.45, 2.75) is 61.9 Å². The Morgan fingerprint density at radius 3 is 2.25 bits per heavy atom. The smallest absolute Gasteiger partial charge is 0.288 e. The van der Waals surface area contributed by atoms with Crippen molar-refractivity contribution >= 4 is 17.5 Å². The van der Waals surface area contributed by atoms with Crippen LogP contribution in [-0.2, 0) is 30.3 Å². The first-order valence-electron chi connectivity index (χ1n) is 12.2. The van der Waals surface area contributed by atoms with E-state index in [2.05, 4.69) is 15.4 Å². The zero-order chi connectivity index (χ0) is 29.0.